The first-order valence-electron chi connectivity index (χ1n) is 6.70. The van der Waals surface area contributed by atoms with Gasteiger partial charge in [0, 0.05) is 25.4 Å². The first-order chi connectivity index (χ1) is 9.71. The smallest absolute Gasteiger partial charge is 0.311 e. The van der Waals surface area contributed by atoms with Crippen LogP contribution in [-0.2, 0) is 9.84 Å². The molecule has 0 aromatic heterocycles. The average molecular weight is 313 g/mol. The van der Waals surface area contributed by atoms with Gasteiger partial charge in [0.05, 0.1) is 4.92 Å². The molecule has 0 saturated carbocycles. The summed E-state index contributed by atoms with van der Waals surface area (Å²) in [6, 6.07) is 4.41. The number of nitro benzene ring substituents is 1. The zero-order chi connectivity index (χ0) is 15.8. The molecular weight excluding hydrogens is 294 g/mol. The third kappa shape index (κ3) is 3.16. The van der Waals surface area contributed by atoms with Crippen molar-refractivity contribution in [3.63, 3.8) is 0 Å². The minimum Gasteiger partial charge on any atom is -0.366 e. The summed E-state index contributed by atoms with van der Waals surface area (Å²) in [5.41, 5.74) is 5.89. The van der Waals surface area contributed by atoms with E-state index in [1.807, 2.05) is 11.8 Å². The Hall–Kier alpha value is -1.67. The van der Waals surface area contributed by atoms with Gasteiger partial charge in [0.1, 0.15) is 10.6 Å². The fraction of sp³-hybridized carbons (Fsp3) is 0.538. The Morgan fingerprint density at radius 2 is 2.14 bits per heavy atom. The Kier molecular flexibility index (Phi) is 4.20. The van der Waals surface area contributed by atoms with Crippen LogP contribution in [0, 0.1) is 16.0 Å². The monoisotopic (exact) mass is 313 g/mol. The van der Waals surface area contributed by atoms with Gasteiger partial charge in [-0.15, -0.1) is 0 Å². The van der Waals surface area contributed by atoms with E-state index in [0.717, 1.165) is 12.7 Å². The Morgan fingerprint density at radius 1 is 1.48 bits per heavy atom. The second kappa shape index (κ2) is 5.61. The highest BCUT2D eigenvalue weighted by molar-refractivity contribution is 7.90. The molecule has 7 nitrogen and oxygen atoms in total. The highest BCUT2D eigenvalue weighted by Crippen LogP contribution is 2.37. The van der Waals surface area contributed by atoms with E-state index in [1.165, 1.54) is 12.1 Å². The molecule has 0 bridgehead atoms. The molecule has 21 heavy (non-hydrogen) atoms. The van der Waals surface area contributed by atoms with Crippen LogP contribution in [-0.4, -0.2) is 38.7 Å². The number of nitrogens with zero attached hydrogens (tertiary/aromatic N) is 2. The lowest BCUT2D eigenvalue weighted by atomic mass is 10.0. The van der Waals surface area contributed by atoms with Crippen molar-refractivity contribution in [2.75, 3.05) is 24.2 Å². The Labute approximate surface area is 123 Å². The molecule has 116 valence electrons. The summed E-state index contributed by atoms with van der Waals surface area (Å²) in [4.78, 5) is 12.3. The fourth-order valence-corrected chi connectivity index (χ4v) is 3.54. The number of nitrogens with two attached hydrogens (primary N) is 1. The van der Waals surface area contributed by atoms with Crippen LogP contribution in [0.4, 0.5) is 11.4 Å². The fourth-order valence-electron chi connectivity index (χ4n) is 2.68. The third-order valence-electron chi connectivity index (χ3n) is 3.87. The molecule has 1 aromatic rings. The van der Waals surface area contributed by atoms with Crippen LogP contribution < -0.4 is 10.6 Å². The van der Waals surface area contributed by atoms with Gasteiger partial charge in [0.25, 0.3) is 0 Å². The van der Waals surface area contributed by atoms with E-state index in [2.05, 4.69) is 0 Å². The summed E-state index contributed by atoms with van der Waals surface area (Å²) in [6.07, 6.45) is 1.83. The van der Waals surface area contributed by atoms with Crippen LogP contribution in [0.5, 0.6) is 0 Å². The van der Waals surface area contributed by atoms with Crippen molar-refractivity contribution < 1.29 is 13.3 Å². The van der Waals surface area contributed by atoms with Crippen molar-refractivity contribution in [1.29, 1.82) is 0 Å². The van der Waals surface area contributed by atoms with E-state index in [4.69, 9.17) is 5.73 Å². The summed E-state index contributed by atoms with van der Waals surface area (Å²) in [6.45, 7) is 3.15. The molecule has 0 aliphatic carbocycles. The van der Waals surface area contributed by atoms with E-state index >= 15 is 0 Å². The van der Waals surface area contributed by atoms with Crippen LogP contribution in [0.15, 0.2) is 23.1 Å². The lowest BCUT2D eigenvalue weighted by Gasteiger charge is -2.20. The van der Waals surface area contributed by atoms with Gasteiger partial charge in [-0.3, -0.25) is 10.1 Å². The number of benzene rings is 1. The normalized spacial score (nSPS) is 20.5. The molecule has 0 amide bonds. The zero-order valence-corrected chi connectivity index (χ0v) is 12.8. The molecule has 2 unspecified atom stereocenters. The number of anilines is 1. The van der Waals surface area contributed by atoms with E-state index < -0.39 is 14.8 Å². The first kappa shape index (κ1) is 15.7. The van der Waals surface area contributed by atoms with Crippen molar-refractivity contribution in [2.45, 2.75) is 24.3 Å². The largest absolute Gasteiger partial charge is 0.366 e. The topological polar surface area (TPSA) is 107 Å². The Bertz CT molecular complexity index is 657. The molecule has 1 saturated heterocycles. The zero-order valence-electron chi connectivity index (χ0n) is 12.0. The van der Waals surface area contributed by atoms with E-state index in [0.29, 0.717) is 18.8 Å². The van der Waals surface area contributed by atoms with Gasteiger partial charge in [-0.05, 0) is 31.4 Å². The summed E-state index contributed by atoms with van der Waals surface area (Å²) < 4.78 is 23.5. The SMILES string of the molecule is CC(N)C1CCN(c2cccc(S(C)(=O)=O)c2[N+](=O)[O-])C1. The Morgan fingerprint density at radius 3 is 2.62 bits per heavy atom. The van der Waals surface area contributed by atoms with E-state index in [9.17, 15) is 18.5 Å². The van der Waals surface area contributed by atoms with Gasteiger partial charge in [-0.2, -0.15) is 0 Å². The van der Waals surface area contributed by atoms with Crippen LogP contribution in [0.1, 0.15) is 13.3 Å². The summed E-state index contributed by atoms with van der Waals surface area (Å²) in [5, 5.41) is 11.4. The predicted molar refractivity (Wildman–Crippen MR) is 80.2 cm³/mol. The third-order valence-corrected chi connectivity index (χ3v) is 5.00. The summed E-state index contributed by atoms with van der Waals surface area (Å²) in [5.74, 6) is 0.256. The number of para-hydroxylation sites is 1. The Balaban J connectivity index is 2.48. The molecule has 2 atom stereocenters. The van der Waals surface area contributed by atoms with Gasteiger partial charge in [-0.1, -0.05) is 6.07 Å². The van der Waals surface area contributed by atoms with Gasteiger partial charge < -0.3 is 10.6 Å². The number of sulfone groups is 1. The van der Waals surface area contributed by atoms with Crippen molar-refractivity contribution in [2.24, 2.45) is 11.7 Å². The maximum atomic E-state index is 11.8. The second-order valence-corrected chi connectivity index (χ2v) is 7.49. The molecule has 0 spiro atoms. The maximum absolute atomic E-state index is 11.8. The number of nitro groups is 1. The molecule has 1 heterocycles. The van der Waals surface area contributed by atoms with Crippen molar-refractivity contribution in [3.8, 4) is 0 Å². The number of hydrogen-bond donors (Lipinski definition) is 1. The van der Waals surface area contributed by atoms with Gasteiger partial charge in [0.15, 0.2) is 9.84 Å². The van der Waals surface area contributed by atoms with Crippen molar-refractivity contribution in [3.05, 3.63) is 28.3 Å². The molecule has 1 aliphatic heterocycles. The van der Waals surface area contributed by atoms with Gasteiger partial charge in [-0.25, -0.2) is 8.42 Å². The summed E-state index contributed by atoms with van der Waals surface area (Å²) >= 11 is 0. The van der Waals surface area contributed by atoms with Crippen LogP contribution >= 0.6 is 0 Å². The molecule has 1 aliphatic rings. The molecule has 1 fully saturated rings. The number of hydrogen-bond acceptors (Lipinski definition) is 6. The van der Waals surface area contributed by atoms with Crippen molar-refractivity contribution >= 4 is 21.2 Å². The van der Waals surface area contributed by atoms with E-state index in [1.54, 1.807) is 6.07 Å². The van der Waals surface area contributed by atoms with Crippen LogP contribution in [0.25, 0.3) is 0 Å². The highest BCUT2D eigenvalue weighted by atomic mass is 32.2. The maximum Gasteiger partial charge on any atom is 0.311 e. The van der Waals surface area contributed by atoms with Gasteiger partial charge in [0.2, 0.25) is 0 Å². The van der Waals surface area contributed by atoms with Crippen molar-refractivity contribution in [1.82, 2.24) is 0 Å². The first-order valence-corrected chi connectivity index (χ1v) is 8.59. The number of rotatable bonds is 4. The molecule has 8 heteroatoms. The minimum atomic E-state index is -3.65. The predicted octanol–water partition coefficient (Wildman–Crippen LogP) is 1.17. The standard InChI is InChI=1S/C13H19N3O4S/c1-9(14)10-6-7-15(8-10)11-4-3-5-12(21(2,19)20)13(11)16(17)18/h3-5,9-10H,6-8,14H2,1-2H3. The lowest BCUT2D eigenvalue weighted by Crippen LogP contribution is -2.30. The quantitative estimate of drug-likeness (QED) is 0.660. The minimum absolute atomic E-state index is 0.00662. The average Bonchev–Trinajstić information content (AvgIpc) is 2.86. The highest BCUT2D eigenvalue weighted by Gasteiger charge is 2.33. The molecular formula is C13H19N3O4S. The summed E-state index contributed by atoms with van der Waals surface area (Å²) in [7, 11) is -3.65. The molecule has 1 aromatic carbocycles. The molecule has 0 radical (unpaired) electrons. The van der Waals surface area contributed by atoms with Gasteiger partial charge >= 0.3 is 5.69 Å². The lowest BCUT2D eigenvalue weighted by molar-refractivity contribution is -0.387. The van der Waals surface area contributed by atoms with Crippen LogP contribution in [0.2, 0.25) is 0 Å². The molecule has 2 N–H and O–H groups in total. The van der Waals surface area contributed by atoms with Crippen LogP contribution in [0.3, 0.4) is 0 Å². The second-order valence-electron chi connectivity index (χ2n) is 5.51. The molecule has 2 rings (SSSR count). The van der Waals surface area contributed by atoms with E-state index in [-0.39, 0.29) is 22.5 Å².